The van der Waals surface area contributed by atoms with Crippen LogP contribution in [0.1, 0.15) is 34.1 Å². The lowest BCUT2D eigenvalue weighted by Crippen LogP contribution is -2.16. The van der Waals surface area contributed by atoms with Crippen molar-refractivity contribution in [1.82, 2.24) is 4.98 Å². The Hall–Kier alpha value is -0.940. The van der Waals surface area contributed by atoms with Crippen LogP contribution in [-0.4, -0.2) is 29.3 Å². The number of aromatic carboxylic acids is 1. The van der Waals surface area contributed by atoms with Crippen molar-refractivity contribution in [3.8, 4) is 0 Å². The molecule has 1 aromatic heterocycles. The lowest BCUT2D eigenvalue weighted by Gasteiger charge is -2.20. The van der Waals surface area contributed by atoms with Crippen LogP contribution in [0.3, 0.4) is 0 Å². The summed E-state index contributed by atoms with van der Waals surface area (Å²) in [6.07, 6.45) is 2.00. The van der Waals surface area contributed by atoms with Crippen molar-refractivity contribution in [3.63, 3.8) is 0 Å². The normalized spacial score (nSPS) is 22.1. The third-order valence-electron chi connectivity index (χ3n) is 2.33. The second-order valence-electron chi connectivity index (χ2n) is 3.28. The standard InChI is InChI=1S/C9H11NO3S/c11-9(12)7-8(14-5-10-7)6-2-1-3-13-4-6/h5-6H,1-4H2,(H,11,12). The molecule has 1 aliphatic heterocycles. The van der Waals surface area contributed by atoms with Crippen LogP contribution in [-0.2, 0) is 4.74 Å². The molecular formula is C9H11NO3S. The summed E-state index contributed by atoms with van der Waals surface area (Å²) in [7, 11) is 0. The van der Waals surface area contributed by atoms with Crippen molar-refractivity contribution in [2.24, 2.45) is 0 Å². The average Bonchev–Trinajstić information content (AvgIpc) is 2.67. The third kappa shape index (κ3) is 1.78. The molecule has 1 atom stereocenters. The molecule has 0 aliphatic carbocycles. The predicted molar refractivity (Wildman–Crippen MR) is 51.9 cm³/mol. The van der Waals surface area contributed by atoms with E-state index >= 15 is 0 Å². The number of aromatic nitrogens is 1. The molecule has 1 aromatic rings. The Morgan fingerprint density at radius 2 is 2.57 bits per heavy atom. The molecule has 1 saturated heterocycles. The van der Waals surface area contributed by atoms with Crippen LogP contribution in [0, 0.1) is 0 Å². The van der Waals surface area contributed by atoms with Crippen molar-refractivity contribution in [2.75, 3.05) is 13.2 Å². The van der Waals surface area contributed by atoms with Crippen LogP contribution in [0.2, 0.25) is 0 Å². The fourth-order valence-corrected chi connectivity index (χ4v) is 2.55. The molecule has 2 rings (SSSR count). The van der Waals surface area contributed by atoms with Crippen LogP contribution in [0.5, 0.6) is 0 Å². The molecule has 4 nitrogen and oxygen atoms in total. The van der Waals surface area contributed by atoms with Crippen molar-refractivity contribution >= 4 is 17.3 Å². The first kappa shape index (κ1) is 9.61. The number of ether oxygens (including phenoxy) is 1. The summed E-state index contributed by atoms with van der Waals surface area (Å²) >= 11 is 1.41. The number of nitrogens with zero attached hydrogens (tertiary/aromatic N) is 1. The molecule has 1 unspecified atom stereocenters. The van der Waals surface area contributed by atoms with Crippen molar-refractivity contribution in [1.29, 1.82) is 0 Å². The maximum Gasteiger partial charge on any atom is 0.355 e. The maximum absolute atomic E-state index is 10.8. The summed E-state index contributed by atoms with van der Waals surface area (Å²) in [5, 5.41) is 8.89. The number of hydrogen-bond donors (Lipinski definition) is 1. The summed E-state index contributed by atoms with van der Waals surface area (Å²) in [4.78, 5) is 15.5. The fraction of sp³-hybridized carbons (Fsp3) is 0.556. The highest BCUT2D eigenvalue weighted by molar-refractivity contribution is 7.10. The van der Waals surface area contributed by atoms with Gasteiger partial charge >= 0.3 is 5.97 Å². The van der Waals surface area contributed by atoms with Crippen LogP contribution in [0.15, 0.2) is 5.51 Å². The molecule has 0 spiro atoms. The third-order valence-corrected chi connectivity index (χ3v) is 3.32. The molecule has 1 N–H and O–H groups in total. The molecule has 0 bridgehead atoms. The Morgan fingerprint density at radius 3 is 3.21 bits per heavy atom. The Labute approximate surface area is 85.5 Å². The van der Waals surface area contributed by atoms with Gasteiger partial charge in [0.05, 0.1) is 12.1 Å². The van der Waals surface area contributed by atoms with Crippen molar-refractivity contribution < 1.29 is 14.6 Å². The van der Waals surface area contributed by atoms with E-state index in [9.17, 15) is 4.79 Å². The second kappa shape index (κ2) is 4.06. The largest absolute Gasteiger partial charge is 0.476 e. The van der Waals surface area contributed by atoms with E-state index in [1.807, 2.05) is 0 Å². The molecule has 0 radical (unpaired) electrons. The summed E-state index contributed by atoms with van der Waals surface area (Å²) in [5.74, 6) is -0.714. The Kier molecular flexibility index (Phi) is 2.79. The van der Waals surface area contributed by atoms with E-state index in [-0.39, 0.29) is 11.6 Å². The number of carboxylic acid groups (broad SMARTS) is 1. The maximum atomic E-state index is 10.8. The predicted octanol–water partition coefficient (Wildman–Crippen LogP) is 1.74. The molecule has 5 heteroatoms. The highest BCUT2D eigenvalue weighted by atomic mass is 32.1. The lowest BCUT2D eigenvalue weighted by atomic mass is 9.99. The van der Waals surface area contributed by atoms with Gasteiger partial charge in [-0.05, 0) is 12.8 Å². The van der Waals surface area contributed by atoms with E-state index in [1.165, 1.54) is 11.3 Å². The van der Waals surface area contributed by atoms with Gasteiger partial charge in [-0.15, -0.1) is 11.3 Å². The van der Waals surface area contributed by atoms with Gasteiger partial charge in [0, 0.05) is 17.4 Å². The SMILES string of the molecule is O=C(O)c1ncsc1C1CCCOC1. The summed E-state index contributed by atoms with van der Waals surface area (Å²) in [6.45, 7) is 1.42. The van der Waals surface area contributed by atoms with Gasteiger partial charge in [-0.1, -0.05) is 0 Å². The Morgan fingerprint density at radius 1 is 1.71 bits per heavy atom. The lowest BCUT2D eigenvalue weighted by molar-refractivity contribution is 0.0677. The highest BCUT2D eigenvalue weighted by Crippen LogP contribution is 2.30. The summed E-state index contributed by atoms with van der Waals surface area (Å²) < 4.78 is 5.33. The van der Waals surface area contributed by atoms with Crippen LogP contribution < -0.4 is 0 Å². The molecule has 0 amide bonds. The summed E-state index contributed by atoms with van der Waals surface area (Å²) in [5.41, 5.74) is 1.79. The Bertz CT molecular complexity index is 331. The van der Waals surface area contributed by atoms with Gasteiger partial charge in [0.15, 0.2) is 5.69 Å². The van der Waals surface area contributed by atoms with Crippen LogP contribution in [0.4, 0.5) is 0 Å². The average molecular weight is 213 g/mol. The number of hydrogen-bond acceptors (Lipinski definition) is 4. The topological polar surface area (TPSA) is 59.4 Å². The zero-order valence-corrected chi connectivity index (χ0v) is 8.42. The summed E-state index contributed by atoms with van der Waals surface area (Å²) in [6, 6.07) is 0. The van der Waals surface area contributed by atoms with Gasteiger partial charge in [-0.25, -0.2) is 9.78 Å². The minimum absolute atomic E-state index is 0.200. The van der Waals surface area contributed by atoms with Gasteiger partial charge in [-0.3, -0.25) is 0 Å². The molecule has 0 aromatic carbocycles. The monoisotopic (exact) mass is 213 g/mol. The second-order valence-corrected chi connectivity index (χ2v) is 4.17. The molecule has 0 saturated carbocycles. The molecule has 2 heterocycles. The molecule has 1 fully saturated rings. The fourth-order valence-electron chi connectivity index (χ4n) is 1.65. The van der Waals surface area contributed by atoms with E-state index in [1.54, 1.807) is 5.51 Å². The minimum Gasteiger partial charge on any atom is -0.476 e. The molecule has 14 heavy (non-hydrogen) atoms. The molecule has 1 aliphatic rings. The van der Waals surface area contributed by atoms with Gasteiger partial charge in [0.2, 0.25) is 0 Å². The minimum atomic E-state index is -0.938. The van der Waals surface area contributed by atoms with Gasteiger partial charge in [0.1, 0.15) is 0 Å². The Balaban J connectivity index is 2.21. The number of thiazole rings is 1. The highest BCUT2D eigenvalue weighted by Gasteiger charge is 2.24. The van der Waals surface area contributed by atoms with Crippen molar-refractivity contribution in [3.05, 3.63) is 16.1 Å². The zero-order valence-electron chi connectivity index (χ0n) is 7.60. The van der Waals surface area contributed by atoms with E-state index in [2.05, 4.69) is 4.98 Å². The smallest absolute Gasteiger partial charge is 0.355 e. The van der Waals surface area contributed by atoms with Gasteiger partial charge < -0.3 is 9.84 Å². The first-order valence-electron chi connectivity index (χ1n) is 4.53. The molecule has 76 valence electrons. The van der Waals surface area contributed by atoms with E-state index in [4.69, 9.17) is 9.84 Å². The quantitative estimate of drug-likeness (QED) is 0.812. The first-order valence-corrected chi connectivity index (χ1v) is 5.41. The number of rotatable bonds is 2. The van der Waals surface area contributed by atoms with Gasteiger partial charge in [-0.2, -0.15) is 0 Å². The van der Waals surface area contributed by atoms with Crippen LogP contribution >= 0.6 is 11.3 Å². The van der Waals surface area contributed by atoms with E-state index < -0.39 is 5.97 Å². The van der Waals surface area contributed by atoms with E-state index in [0.29, 0.717) is 6.61 Å². The number of carboxylic acids is 1. The molecular weight excluding hydrogens is 202 g/mol. The van der Waals surface area contributed by atoms with Crippen LogP contribution in [0.25, 0.3) is 0 Å². The first-order chi connectivity index (χ1) is 6.79. The van der Waals surface area contributed by atoms with Crippen molar-refractivity contribution in [2.45, 2.75) is 18.8 Å². The number of carbonyl (C=O) groups is 1. The van der Waals surface area contributed by atoms with Gasteiger partial charge in [0.25, 0.3) is 0 Å². The van der Waals surface area contributed by atoms with E-state index in [0.717, 1.165) is 24.3 Å². The zero-order chi connectivity index (χ0) is 9.97.